The molecule has 0 aliphatic carbocycles. The molecule has 2 aromatic rings. The molecule has 0 fully saturated rings. The summed E-state index contributed by atoms with van der Waals surface area (Å²) in [7, 11) is 0. The number of halogens is 2. The van der Waals surface area contributed by atoms with Gasteiger partial charge in [0.15, 0.2) is 0 Å². The van der Waals surface area contributed by atoms with Crippen LogP contribution in [0.2, 0.25) is 0 Å². The minimum absolute atomic E-state index is 0.0413. The maximum atomic E-state index is 12.2. The molecule has 0 heterocycles. The van der Waals surface area contributed by atoms with Crippen LogP contribution in [0.5, 0.6) is 11.5 Å². The number of ether oxygens (including phenoxy) is 2. The molecule has 0 bridgehead atoms. The van der Waals surface area contributed by atoms with Crippen LogP contribution in [0.4, 0.5) is 8.78 Å². The molecule has 1 amide bonds. The van der Waals surface area contributed by atoms with Gasteiger partial charge in [0, 0.05) is 12.1 Å². The summed E-state index contributed by atoms with van der Waals surface area (Å²) >= 11 is 0. The van der Waals surface area contributed by atoms with Gasteiger partial charge in [-0.1, -0.05) is 18.2 Å². The highest BCUT2D eigenvalue weighted by Gasteiger charge is 2.09. The second-order valence-electron chi connectivity index (χ2n) is 5.18. The Labute approximate surface area is 139 Å². The molecule has 0 saturated heterocycles. The number of amides is 1. The molecular formula is C18H19F2NO3. The number of hydrogen-bond donors (Lipinski definition) is 1. The number of carbonyl (C=O) groups is 1. The first kappa shape index (κ1) is 17.7. The molecule has 0 radical (unpaired) electrons. The Kier molecular flexibility index (Phi) is 6.54. The van der Waals surface area contributed by atoms with Gasteiger partial charge in [0.1, 0.15) is 11.5 Å². The minimum atomic E-state index is -2.91. The molecule has 2 rings (SSSR count). The van der Waals surface area contributed by atoms with Crippen molar-refractivity contribution >= 4 is 5.91 Å². The Morgan fingerprint density at radius 3 is 2.62 bits per heavy atom. The molecule has 6 heteroatoms. The van der Waals surface area contributed by atoms with Crippen molar-refractivity contribution < 1.29 is 23.0 Å². The van der Waals surface area contributed by atoms with Crippen molar-refractivity contribution in [2.75, 3.05) is 13.2 Å². The summed E-state index contributed by atoms with van der Waals surface area (Å²) in [4.78, 5) is 12.0. The molecule has 0 atom stereocenters. The highest BCUT2D eigenvalue weighted by atomic mass is 19.3. The first-order valence-corrected chi connectivity index (χ1v) is 7.57. The van der Waals surface area contributed by atoms with Gasteiger partial charge in [-0.05, 0) is 49.2 Å². The second kappa shape index (κ2) is 8.86. The van der Waals surface area contributed by atoms with Crippen LogP contribution in [0.3, 0.4) is 0 Å². The van der Waals surface area contributed by atoms with E-state index in [1.807, 2.05) is 31.2 Å². The van der Waals surface area contributed by atoms with E-state index in [1.165, 1.54) is 24.3 Å². The first-order chi connectivity index (χ1) is 11.5. The topological polar surface area (TPSA) is 47.6 Å². The monoisotopic (exact) mass is 335 g/mol. The number of alkyl halides is 2. The summed E-state index contributed by atoms with van der Waals surface area (Å²) in [6.45, 7) is -0.0380. The summed E-state index contributed by atoms with van der Waals surface area (Å²) in [5.74, 6) is 0.406. The molecule has 0 aliphatic rings. The van der Waals surface area contributed by atoms with E-state index in [9.17, 15) is 13.6 Å². The van der Waals surface area contributed by atoms with Crippen molar-refractivity contribution in [2.45, 2.75) is 20.0 Å². The number of rotatable bonds is 8. The molecule has 0 aliphatic heterocycles. The lowest BCUT2D eigenvalue weighted by Crippen LogP contribution is -2.25. The van der Waals surface area contributed by atoms with Gasteiger partial charge < -0.3 is 14.8 Å². The average molecular weight is 335 g/mol. The van der Waals surface area contributed by atoms with Gasteiger partial charge >= 0.3 is 6.61 Å². The Morgan fingerprint density at radius 1 is 1.12 bits per heavy atom. The second-order valence-corrected chi connectivity index (χ2v) is 5.18. The normalized spacial score (nSPS) is 10.5. The fourth-order valence-electron chi connectivity index (χ4n) is 2.08. The van der Waals surface area contributed by atoms with Crippen LogP contribution in [0.25, 0.3) is 0 Å². The van der Waals surface area contributed by atoms with Gasteiger partial charge in [-0.2, -0.15) is 8.78 Å². The fraction of sp³-hybridized carbons (Fsp3) is 0.278. The quantitative estimate of drug-likeness (QED) is 0.747. The zero-order chi connectivity index (χ0) is 17.4. The van der Waals surface area contributed by atoms with Crippen LogP contribution in [0, 0.1) is 6.92 Å². The summed E-state index contributed by atoms with van der Waals surface area (Å²) < 4.78 is 34.2. The van der Waals surface area contributed by atoms with Crippen LogP contribution in [0.15, 0.2) is 48.5 Å². The molecule has 0 unspecified atom stereocenters. The lowest BCUT2D eigenvalue weighted by molar-refractivity contribution is -0.0498. The summed E-state index contributed by atoms with van der Waals surface area (Å²) in [6.07, 6.45) is 0.632. The number of hydrogen-bond acceptors (Lipinski definition) is 3. The maximum absolute atomic E-state index is 12.2. The van der Waals surface area contributed by atoms with E-state index < -0.39 is 6.61 Å². The van der Waals surface area contributed by atoms with E-state index in [-0.39, 0.29) is 17.2 Å². The smallest absolute Gasteiger partial charge is 0.387 e. The van der Waals surface area contributed by atoms with Gasteiger partial charge in [-0.25, -0.2) is 0 Å². The highest BCUT2D eigenvalue weighted by molar-refractivity contribution is 5.94. The average Bonchev–Trinajstić information content (AvgIpc) is 2.54. The van der Waals surface area contributed by atoms with Gasteiger partial charge in [0.2, 0.25) is 0 Å². The van der Waals surface area contributed by atoms with Crippen molar-refractivity contribution in [3.8, 4) is 11.5 Å². The number of carbonyl (C=O) groups excluding carboxylic acids is 1. The van der Waals surface area contributed by atoms with Crippen molar-refractivity contribution in [3.05, 3.63) is 59.7 Å². The molecule has 0 aromatic heterocycles. The van der Waals surface area contributed by atoms with E-state index in [0.717, 1.165) is 11.3 Å². The third-order valence-electron chi connectivity index (χ3n) is 3.19. The predicted octanol–water partition coefficient (Wildman–Crippen LogP) is 3.80. The van der Waals surface area contributed by atoms with Crippen LogP contribution in [0.1, 0.15) is 22.3 Å². The van der Waals surface area contributed by atoms with E-state index in [4.69, 9.17) is 4.74 Å². The molecule has 1 N–H and O–H groups in total. The SMILES string of the molecule is Cc1cccc(OCCCNC(=O)c2cccc(OC(F)F)c2)c1. The molecule has 2 aromatic carbocycles. The summed E-state index contributed by atoms with van der Waals surface area (Å²) in [6, 6.07) is 13.4. The molecule has 24 heavy (non-hydrogen) atoms. The van der Waals surface area contributed by atoms with Crippen molar-refractivity contribution in [1.82, 2.24) is 5.32 Å². The van der Waals surface area contributed by atoms with Crippen LogP contribution < -0.4 is 14.8 Å². The fourth-order valence-corrected chi connectivity index (χ4v) is 2.08. The summed E-state index contributed by atoms with van der Waals surface area (Å²) in [5, 5.41) is 2.72. The Bertz CT molecular complexity index is 677. The number of benzene rings is 2. The van der Waals surface area contributed by atoms with Crippen LogP contribution >= 0.6 is 0 Å². The molecule has 128 valence electrons. The number of nitrogens with one attached hydrogen (secondary N) is 1. The molecule has 4 nitrogen and oxygen atoms in total. The molecular weight excluding hydrogens is 316 g/mol. The van der Waals surface area contributed by atoms with Crippen molar-refractivity contribution in [2.24, 2.45) is 0 Å². The standard InChI is InChI=1S/C18H19F2NO3/c1-13-5-2-7-15(11-13)23-10-4-9-21-17(22)14-6-3-8-16(12-14)24-18(19)20/h2-3,5-8,11-12,18H,4,9-10H2,1H3,(H,21,22). The van der Waals surface area contributed by atoms with E-state index in [1.54, 1.807) is 0 Å². The van der Waals surface area contributed by atoms with Gasteiger partial charge in [-0.15, -0.1) is 0 Å². The van der Waals surface area contributed by atoms with Gasteiger partial charge in [-0.3, -0.25) is 4.79 Å². The van der Waals surface area contributed by atoms with E-state index in [2.05, 4.69) is 10.1 Å². The maximum Gasteiger partial charge on any atom is 0.387 e. The van der Waals surface area contributed by atoms with Crippen molar-refractivity contribution in [1.29, 1.82) is 0 Å². The van der Waals surface area contributed by atoms with Gasteiger partial charge in [0.05, 0.1) is 6.61 Å². The molecule has 0 spiro atoms. The Balaban J connectivity index is 1.73. The third kappa shape index (κ3) is 5.87. The largest absolute Gasteiger partial charge is 0.494 e. The minimum Gasteiger partial charge on any atom is -0.494 e. The van der Waals surface area contributed by atoms with Crippen molar-refractivity contribution in [3.63, 3.8) is 0 Å². The zero-order valence-electron chi connectivity index (χ0n) is 13.3. The van der Waals surface area contributed by atoms with E-state index >= 15 is 0 Å². The van der Waals surface area contributed by atoms with E-state index in [0.29, 0.717) is 19.6 Å². The first-order valence-electron chi connectivity index (χ1n) is 7.57. The third-order valence-corrected chi connectivity index (χ3v) is 3.19. The van der Waals surface area contributed by atoms with Crippen LogP contribution in [-0.4, -0.2) is 25.7 Å². The van der Waals surface area contributed by atoms with Gasteiger partial charge in [0.25, 0.3) is 5.91 Å². The number of aryl methyl sites for hydroxylation is 1. The lowest BCUT2D eigenvalue weighted by Gasteiger charge is -2.09. The highest BCUT2D eigenvalue weighted by Crippen LogP contribution is 2.16. The predicted molar refractivity (Wildman–Crippen MR) is 86.7 cm³/mol. The summed E-state index contributed by atoms with van der Waals surface area (Å²) in [5.41, 5.74) is 1.39. The lowest BCUT2D eigenvalue weighted by atomic mass is 10.2. The Morgan fingerprint density at radius 2 is 1.88 bits per heavy atom. The van der Waals surface area contributed by atoms with Crippen LogP contribution in [-0.2, 0) is 0 Å². The Hall–Kier alpha value is -2.63. The molecule has 0 saturated carbocycles. The zero-order valence-corrected chi connectivity index (χ0v) is 13.3.